The number of hydrogen-bond acceptors (Lipinski definition) is 5. The van der Waals surface area contributed by atoms with Crippen molar-refractivity contribution in [1.29, 1.82) is 5.26 Å². The van der Waals surface area contributed by atoms with Crippen LogP contribution in [0.5, 0.6) is 0 Å². The quantitative estimate of drug-likeness (QED) is 0.664. The van der Waals surface area contributed by atoms with E-state index in [4.69, 9.17) is 11.0 Å². The number of aromatic nitrogens is 2. The lowest BCUT2D eigenvalue weighted by Gasteiger charge is -2.01. The fourth-order valence-corrected chi connectivity index (χ4v) is 0.888. The van der Waals surface area contributed by atoms with Crippen LogP contribution >= 0.6 is 0 Å². The minimum atomic E-state index is 0.487. The van der Waals surface area contributed by atoms with Crippen LogP contribution in [0.3, 0.4) is 0 Å². The zero-order valence-electron chi connectivity index (χ0n) is 7.64. The normalized spacial score (nSPS) is 10.0. The first-order valence-corrected chi connectivity index (χ1v) is 4.19. The Labute approximate surface area is 82.3 Å². The van der Waals surface area contributed by atoms with Crippen LogP contribution in [0, 0.1) is 11.3 Å². The third kappa shape index (κ3) is 2.84. The van der Waals surface area contributed by atoms with E-state index in [9.17, 15) is 0 Å². The molecule has 0 aliphatic rings. The summed E-state index contributed by atoms with van der Waals surface area (Å²) in [7, 11) is 0. The van der Waals surface area contributed by atoms with E-state index >= 15 is 0 Å². The highest BCUT2D eigenvalue weighted by atomic mass is 15.2. The van der Waals surface area contributed by atoms with Crippen molar-refractivity contribution in [1.82, 2.24) is 10.2 Å². The monoisotopic (exact) mass is 189 g/mol. The molecule has 0 aromatic carbocycles. The maximum Gasteiger partial charge on any atom is 0.166 e. The van der Waals surface area contributed by atoms with Crippen molar-refractivity contribution in [2.24, 2.45) is 5.73 Å². The van der Waals surface area contributed by atoms with E-state index in [2.05, 4.69) is 15.5 Å². The van der Waals surface area contributed by atoms with Gasteiger partial charge in [-0.1, -0.05) is 12.2 Å². The number of nitrogens with two attached hydrogens (primary N) is 1. The Hall–Kier alpha value is -1.93. The summed E-state index contributed by atoms with van der Waals surface area (Å²) < 4.78 is 0. The van der Waals surface area contributed by atoms with Crippen LogP contribution in [0.4, 0.5) is 5.82 Å². The molecule has 5 nitrogen and oxygen atoms in total. The summed E-state index contributed by atoms with van der Waals surface area (Å²) in [6.45, 7) is 1.10. The van der Waals surface area contributed by atoms with Crippen LogP contribution in [0.2, 0.25) is 0 Å². The van der Waals surface area contributed by atoms with Gasteiger partial charge in [-0.15, -0.1) is 5.10 Å². The zero-order chi connectivity index (χ0) is 10.2. The number of rotatable bonds is 4. The second-order valence-electron chi connectivity index (χ2n) is 2.49. The molecule has 1 aromatic heterocycles. The fourth-order valence-electron chi connectivity index (χ4n) is 0.888. The molecule has 1 rings (SSSR count). The molecule has 5 heteroatoms. The average molecular weight is 189 g/mol. The lowest BCUT2D eigenvalue weighted by molar-refractivity contribution is 1.01. The third-order valence-electron chi connectivity index (χ3n) is 1.53. The predicted molar refractivity (Wildman–Crippen MR) is 53.4 cm³/mol. The summed E-state index contributed by atoms with van der Waals surface area (Å²) in [4.78, 5) is 0. The van der Waals surface area contributed by atoms with Gasteiger partial charge in [-0.3, -0.25) is 0 Å². The molecule has 0 saturated heterocycles. The van der Waals surface area contributed by atoms with Gasteiger partial charge >= 0.3 is 0 Å². The molecule has 0 unspecified atom stereocenters. The van der Waals surface area contributed by atoms with Crippen molar-refractivity contribution in [3.05, 3.63) is 30.0 Å². The van der Waals surface area contributed by atoms with Gasteiger partial charge in [0.15, 0.2) is 5.82 Å². The van der Waals surface area contributed by atoms with Crippen molar-refractivity contribution < 1.29 is 0 Å². The van der Waals surface area contributed by atoms with Crippen molar-refractivity contribution in [2.45, 2.75) is 0 Å². The molecule has 0 amide bonds. The smallest absolute Gasteiger partial charge is 0.166 e. The number of nitrogens with one attached hydrogen (secondary N) is 1. The van der Waals surface area contributed by atoms with Gasteiger partial charge < -0.3 is 11.1 Å². The molecular formula is C9H11N5. The molecule has 1 heterocycles. The van der Waals surface area contributed by atoms with Gasteiger partial charge in [-0.05, 0) is 6.07 Å². The lowest BCUT2D eigenvalue weighted by Crippen LogP contribution is -2.04. The molecule has 3 N–H and O–H groups in total. The summed E-state index contributed by atoms with van der Waals surface area (Å²) in [5.74, 6) is 0.497. The van der Waals surface area contributed by atoms with Crippen molar-refractivity contribution in [3.63, 3.8) is 0 Å². The Morgan fingerprint density at radius 2 is 2.43 bits per heavy atom. The first-order valence-electron chi connectivity index (χ1n) is 4.19. The standard InChI is InChI=1S/C9H11N5/c10-4-1-2-5-12-9-8(7-11)3-6-13-14-9/h1-3,6H,4-5,10H2,(H,12,14)/b2-1+. The Morgan fingerprint density at radius 1 is 1.57 bits per heavy atom. The average Bonchev–Trinajstić information content (AvgIpc) is 2.25. The van der Waals surface area contributed by atoms with Gasteiger partial charge in [0.05, 0.1) is 11.8 Å². The maximum atomic E-state index is 8.73. The second kappa shape index (κ2) is 5.67. The summed E-state index contributed by atoms with van der Waals surface area (Å²) in [5.41, 5.74) is 5.76. The molecule has 0 fully saturated rings. The molecule has 0 spiro atoms. The molecule has 0 atom stereocenters. The van der Waals surface area contributed by atoms with Crippen molar-refractivity contribution in [2.75, 3.05) is 18.4 Å². The molecule has 0 aliphatic carbocycles. The van der Waals surface area contributed by atoms with Crippen LogP contribution in [0.1, 0.15) is 5.56 Å². The first-order chi connectivity index (χ1) is 6.88. The lowest BCUT2D eigenvalue weighted by atomic mass is 10.3. The van der Waals surface area contributed by atoms with Gasteiger partial charge in [-0.2, -0.15) is 10.4 Å². The summed E-state index contributed by atoms with van der Waals surface area (Å²) in [6.07, 6.45) is 5.19. The molecular weight excluding hydrogens is 178 g/mol. The topological polar surface area (TPSA) is 87.6 Å². The molecule has 14 heavy (non-hydrogen) atoms. The zero-order valence-corrected chi connectivity index (χ0v) is 7.64. The maximum absolute atomic E-state index is 8.73. The summed E-state index contributed by atoms with van der Waals surface area (Å²) >= 11 is 0. The third-order valence-corrected chi connectivity index (χ3v) is 1.53. The Balaban J connectivity index is 2.59. The highest BCUT2D eigenvalue weighted by molar-refractivity contribution is 5.50. The van der Waals surface area contributed by atoms with Gasteiger partial charge in [0.1, 0.15) is 6.07 Å². The minimum absolute atomic E-state index is 0.487. The summed E-state index contributed by atoms with van der Waals surface area (Å²) in [6, 6.07) is 3.64. The van der Waals surface area contributed by atoms with Crippen molar-refractivity contribution in [3.8, 4) is 6.07 Å². The predicted octanol–water partition coefficient (Wildman–Crippen LogP) is 0.275. The van der Waals surface area contributed by atoms with Gasteiger partial charge in [0, 0.05) is 13.1 Å². The number of hydrogen-bond donors (Lipinski definition) is 2. The molecule has 0 bridgehead atoms. The highest BCUT2D eigenvalue weighted by Crippen LogP contribution is 2.06. The Morgan fingerprint density at radius 3 is 3.14 bits per heavy atom. The van der Waals surface area contributed by atoms with Crippen molar-refractivity contribution >= 4 is 5.82 Å². The van der Waals surface area contributed by atoms with E-state index in [1.807, 2.05) is 18.2 Å². The van der Waals surface area contributed by atoms with Crippen LogP contribution in [0.25, 0.3) is 0 Å². The van der Waals surface area contributed by atoms with Crippen LogP contribution < -0.4 is 11.1 Å². The van der Waals surface area contributed by atoms with Gasteiger partial charge in [-0.25, -0.2) is 0 Å². The van der Waals surface area contributed by atoms with E-state index in [1.165, 1.54) is 6.20 Å². The molecule has 0 radical (unpaired) electrons. The van der Waals surface area contributed by atoms with E-state index in [-0.39, 0.29) is 0 Å². The molecule has 0 saturated carbocycles. The SMILES string of the molecule is N#Cc1ccnnc1NC/C=C/CN. The number of nitriles is 1. The highest BCUT2D eigenvalue weighted by Gasteiger charge is 1.99. The number of nitrogens with zero attached hydrogens (tertiary/aromatic N) is 3. The Bertz CT molecular complexity index is 352. The minimum Gasteiger partial charge on any atom is -0.364 e. The summed E-state index contributed by atoms with van der Waals surface area (Å²) in [5, 5.41) is 19.2. The first kappa shape index (κ1) is 10.2. The Kier molecular flexibility index (Phi) is 4.11. The molecule has 72 valence electrons. The molecule has 1 aromatic rings. The van der Waals surface area contributed by atoms with E-state index in [0.29, 0.717) is 24.5 Å². The van der Waals surface area contributed by atoms with Gasteiger partial charge in [0.2, 0.25) is 0 Å². The van der Waals surface area contributed by atoms with Gasteiger partial charge in [0.25, 0.3) is 0 Å². The van der Waals surface area contributed by atoms with Crippen LogP contribution in [0.15, 0.2) is 24.4 Å². The largest absolute Gasteiger partial charge is 0.364 e. The van der Waals surface area contributed by atoms with E-state index in [1.54, 1.807) is 6.07 Å². The number of anilines is 1. The van der Waals surface area contributed by atoms with E-state index in [0.717, 1.165) is 0 Å². The van der Waals surface area contributed by atoms with E-state index < -0.39 is 0 Å². The molecule has 0 aliphatic heterocycles. The second-order valence-corrected chi connectivity index (χ2v) is 2.49. The fraction of sp³-hybridized carbons (Fsp3) is 0.222. The van der Waals surface area contributed by atoms with Crippen LogP contribution in [-0.2, 0) is 0 Å². The van der Waals surface area contributed by atoms with Crippen LogP contribution in [-0.4, -0.2) is 23.3 Å².